The third-order valence-electron chi connectivity index (χ3n) is 6.99. The van der Waals surface area contributed by atoms with Crippen molar-refractivity contribution < 1.29 is 22.7 Å². The lowest BCUT2D eigenvalue weighted by Gasteiger charge is -2.28. The van der Waals surface area contributed by atoms with E-state index in [0.29, 0.717) is 65.7 Å². The second-order valence-electron chi connectivity index (χ2n) is 9.88. The number of carbonyl (C=O) groups excluding carboxylic acids is 1. The van der Waals surface area contributed by atoms with Gasteiger partial charge in [0.25, 0.3) is 5.91 Å². The van der Waals surface area contributed by atoms with Crippen molar-refractivity contribution in [2.45, 2.75) is 51.4 Å². The number of ether oxygens (including phenoxy) is 1. The lowest BCUT2D eigenvalue weighted by molar-refractivity contribution is -0.137. The Morgan fingerprint density at radius 2 is 1.84 bits per heavy atom. The molecule has 2 heterocycles. The van der Waals surface area contributed by atoms with E-state index >= 15 is 0 Å². The number of alkyl halides is 3. The molecule has 2 aliphatic rings. The molecule has 38 heavy (non-hydrogen) atoms. The summed E-state index contributed by atoms with van der Waals surface area (Å²) in [4.78, 5) is 24.4. The average Bonchev–Trinajstić information content (AvgIpc) is 3.39. The van der Waals surface area contributed by atoms with Crippen LogP contribution in [0, 0.1) is 6.92 Å². The molecule has 0 bridgehead atoms. The number of hydrogen-bond donors (Lipinski definition) is 3. The molecule has 1 saturated carbocycles. The third kappa shape index (κ3) is 5.77. The molecule has 2 aromatic carbocycles. The van der Waals surface area contributed by atoms with Gasteiger partial charge in [-0.2, -0.15) is 13.2 Å². The number of amides is 1. The summed E-state index contributed by atoms with van der Waals surface area (Å²) in [5, 5.41) is 7.41. The zero-order valence-corrected chi connectivity index (χ0v) is 21.2. The zero-order chi connectivity index (χ0) is 26.9. The van der Waals surface area contributed by atoms with E-state index in [9.17, 15) is 18.0 Å². The number of nitrogens with zero attached hydrogens (tertiary/aromatic N) is 3. The summed E-state index contributed by atoms with van der Waals surface area (Å²) in [5.41, 5.74) is 7.19. The van der Waals surface area contributed by atoms with E-state index in [-0.39, 0.29) is 24.2 Å². The summed E-state index contributed by atoms with van der Waals surface area (Å²) in [7, 11) is 0. The molecule has 3 aromatic rings. The van der Waals surface area contributed by atoms with Crippen molar-refractivity contribution in [2.75, 3.05) is 42.7 Å². The van der Waals surface area contributed by atoms with E-state index in [2.05, 4.69) is 20.6 Å². The second kappa shape index (κ2) is 10.6. The van der Waals surface area contributed by atoms with E-state index in [0.717, 1.165) is 37.8 Å². The van der Waals surface area contributed by atoms with Crippen molar-refractivity contribution in [3.8, 4) is 0 Å². The second-order valence-corrected chi connectivity index (χ2v) is 9.88. The topological polar surface area (TPSA) is 105 Å². The van der Waals surface area contributed by atoms with Crippen LogP contribution >= 0.6 is 0 Å². The Balaban J connectivity index is 1.51. The minimum atomic E-state index is -4.49. The first-order chi connectivity index (χ1) is 18.2. The van der Waals surface area contributed by atoms with Crippen LogP contribution in [0.3, 0.4) is 0 Å². The number of nitrogens with two attached hydrogens (primary N) is 1. The van der Waals surface area contributed by atoms with Gasteiger partial charge in [0.1, 0.15) is 11.6 Å². The van der Waals surface area contributed by atoms with Gasteiger partial charge >= 0.3 is 6.18 Å². The van der Waals surface area contributed by atoms with Crippen LogP contribution in [0.2, 0.25) is 0 Å². The number of anilines is 3. The highest BCUT2D eigenvalue weighted by Crippen LogP contribution is 2.33. The van der Waals surface area contributed by atoms with Gasteiger partial charge < -0.3 is 26.0 Å². The van der Waals surface area contributed by atoms with Crippen LogP contribution < -0.4 is 16.4 Å². The largest absolute Gasteiger partial charge is 0.416 e. The van der Waals surface area contributed by atoms with Gasteiger partial charge in [0.15, 0.2) is 0 Å². The van der Waals surface area contributed by atoms with Gasteiger partial charge in [-0.25, -0.2) is 9.97 Å². The number of halogens is 3. The Morgan fingerprint density at radius 1 is 1.11 bits per heavy atom. The van der Waals surface area contributed by atoms with Crippen molar-refractivity contribution in [3.05, 3.63) is 52.8 Å². The van der Waals surface area contributed by atoms with Gasteiger partial charge in [0, 0.05) is 42.4 Å². The quantitative estimate of drug-likeness (QED) is 0.388. The molecule has 1 amide bonds. The molecule has 4 N–H and O–H groups in total. The van der Waals surface area contributed by atoms with Crippen LogP contribution in [-0.2, 0) is 17.5 Å². The van der Waals surface area contributed by atoms with Crippen LogP contribution in [0.5, 0.6) is 0 Å². The number of aromatic nitrogens is 2. The number of nitrogens with one attached hydrogen (secondary N) is 2. The van der Waals surface area contributed by atoms with Crippen LogP contribution in [0.4, 0.5) is 30.4 Å². The van der Waals surface area contributed by atoms with Crippen LogP contribution in [0.1, 0.15) is 53.0 Å². The molecule has 8 nitrogen and oxygen atoms in total. The van der Waals surface area contributed by atoms with Gasteiger partial charge in [0.05, 0.1) is 29.9 Å². The van der Waals surface area contributed by atoms with Gasteiger partial charge in [-0.3, -0.25) is 4.79 Å². The summed E-state index contributed by atoms with van der Waals surface area (Å²) >= 11 is 0. The Bertz CT molecular complexity index is 1330. The molecule has 1 aliphatic heterocycles. The first-order valence-electron chi connectivity index (χ1n) is 12.8. The number of benzene rings is 2. The molecule has 1 aromatic heterocycles. The van der Waals surface area contributed by atoms with Crippen molar-refractivity contribution in [2.24, 2.45) is 0 Å². The van der Waals surface area contributed by atoms with E-state index in [4.69, 9.17) is 10.5 Å². The summed E-state index contributed by atoms with van der Waals surface area (Å²) in [6, 6.07) is 7.42. The first-order valence-corrected chi connectivity index (χ1v) is 12.8. The first kappa shape index (κ1) is 26.0. The number of rotatable bonds is 6. The highest BCUT2D eigenvalue weighted by molar-refractivity contribution is 6.05. The lowest BCUT2D eigenvalue weighted by atomic mass is 10.1. The van der Waals surface area contributed by atoms with Crippen LogP contribution in [0.25, 0.3) is 10.9 Å². The van der Waals surface area contributed by atoms with Crippen LogP contribution in [0.15, 0.2) is 30.3 Å². The Labute approximate surface area is 218 Å². The molecule has 11 heteroatoms. The SMILES string of the molecule is Cc1nc(NCc2cc(N)cc(C(F)(F)F)c2)c2cc(NC3CCCC3)c(C(=O)N3CCOCC3)cc2n1. The number of hydrogen-bond acceptors (Lipinski definition) is 7. The summed E-state index contributed by atoms with van der Waals surface area (Å²) in [6.45, 7) is 3.87. The molecule has 0 atom stereocenters. The molecule has 1 saturated heterocycles. The fraction of sp³-hybridized carbons (Fsp3) is 0.444. The summed E-state index contributed by atoms with van der Waals surface area (Å²) < 4.78 is 45.3. The standard InChI is InChI=1S/C27H31F3N6O2/c1-16-33-23-14-22(26(37)36-6-8-38-9-7-36)24(35-20-4-2-3-5-20)13-21(23)25(34-16)32-15-17-10-18(27(28,29)30)12-19(31)11-17/h10-14,20,35H,2-9,15,31H2,1H3,(H,32,33,34). The smallest absolute Gasteiger partial charge is 0.399 e. The molecule has 5 rings (SSSR count). The number of aryl methyl sites for hydroxylation is 1. The predicted octanol–water partition coefficient (Wildman–Crippen LogP) is 4.98. The maximum absolute atomic E-state index is 13.5. The number of morpholine rings is 1. The van der Waals surface area contributed by atoms with E-state index in [1.54, 1.807) is 17.9 Å². The van der Waals surface area contributed by atoms with Gasteiger partial charge in [-0.1, -0.05) is 12.8 Å². The number of fused-ring (bicyclic) bond motifs is 1. The summed E-state index contributed by atoms with van der Waals surface area (Å²) in [6.07, 6.45) is -0.182. The van der Waals surface area contributed by atoms with E-state index < -0.39 is 11.7 Å². The van der Waals surface area contributed by atoms with Gasteiger partial charge in [-0.15, -0.1) is 0 Å². The Morgan fingerprint density at radius 3 is 2.55 bits per heavy atom. The molecule has 0 radical (unpaired) electrons. The van der Waals surface area contributed by atoms with E-state index in [1.165, 1.54) is 6.07 Å². The van der Waals surface area contributed by atoms with E-state index in [1.807, 2.05) is 6.07 Å². The average molecular weight is 529 g/mol. The normalized spacial score (nSPS) is 16.7. The van der Waals surface area contributed by atoms with Gasteiger partial charge in [-0.05, 0) is 55.7 Å². The fourth-order valence-electron chi connectivity index (χ4n) is 5.12. The van der Waals surface area contributed by atoms with Gasteiger partial charge in [0.2, 0.25) is 0 Å². The molecule has 202 valence electrons. The monoisotopic (exact) mass is 528 g/mol. The lowest BCUT2D eigenvalue weighted by Crippen LogP contribution is -2.41. The molecule has 2 fully saturated rings. The van der Waals surface area contributed by atoms with Crippen LogP contribution in [-0.4, -0.2) is 53.1 Å². The number of carbonyl (C=O) groups is 1. The third-order valence-corrected chi connectivity index (χ3v) is 6.99. The highest BCUT2D eigenvalue weighted by atomic mass is 19.4. The predicted molar refractivity (Wildman–Crippen MR) is 140 cm³/mol. The maximum atomic E-state index is 13.5. The fourth-order valence-corrected chi connectivity index (χ4v) is 5.12. The van der Waals surface area contributed by atoms with Crippen molar-refractivity contribution >= 4 is 34.0 Å². The Kier molecular flexibility index (Phi) is 7.29. The maximum Gasteiger partial charge on any atom is 0.416 e. The molecule has 0 spiro atoms. The van der Waals surface area contributed by atoms with Crippen molar-refractivity contribution in [3.63, 3.8) is 0 Å². The molecular weight excluding hydrogens is 497 g/mol. The molecular formula is C27H31F3N6O2. The highest BCUT2D eigenvalue weighted by Gasteiger charge is 2.31. The minimum Gasteiger partial charge on any atom is -0.399 e. The molecule has 1 aliphatic carbocycles. The number of nitrogen functional groups attached to an aromatic ring is 1. The minimum absolute atomic E-state index is 0.0367. The molecule has 0 unspecified atom stereocenters. The van der Waals surface area contributed by atoms with Crippen molar-refractivity contribution in [1.82, 2.24) is 14.9 Å². The van der Waals surface area contributed by atoms with Crippen molar-refractivity contribution in [1.29, 1.82) is 0 Å². The summed E-state index contributed by atoms with van der Waals surface area (Å²) in [5.74, 6) is 0.870. The Hall–Kier alpha value is -3.60. The zero-order valence-electron chi connectivity index (χ0n) is 21.2.